The summed E-state index contributed by atoms with van der Waals surface area (Å²) in [5, 5.41) is 0. The minimum absolute atomic E-state index is 1.13. The third-order valence-corrected chi connectivity index (χ3v) is 3.48. The molecule has 0 aromatic carbocycles. The number of halogens is 1. The summed E-state index contributed by atoms with van der Waals surface area (Å²) < 4.78 is 1.38. The van der Waals surface area contributed by atoms with Crippen molar-refractivity contribution in [2.24, 2.45) is 17.8 Å². The Hall–Kier alpha value is 0.730. The Morgan fingerprint density at radius 1 is 1.11 bits per heavy atom. The molecule has 0 amide bonds. The summed E-state index contributed by atoms with van der Waals surface area (Å²) in [5.74, 6) is 3.52. The van der Waals surface area contributed by atoms with Crippen molar-refractivity contribution >= 4 is 22.6 Å². The third kappa shape index (κ3) is 1.26. The Morgan fingerprint density at radius 3 is 2.33 bits per heavy atom. The standard InChI is InChI=1S/C8H13I/c9-2-1-6-3-7-5-8(7)4-6/h6-8H,1-5H2. The average Bonchev–Trinajstić information content (AvgIpc) is 2.42. The summed E-state index contributed by atoms with van der Waals surface area (Å²) in [6.07, 6.45) is 6.23. The monoisotopic (exact) mass is 236 g/mol. The lowest BCUT2D eigenvalue weighted by molar-refractivity contribution is 0.479. The highest BCUT2D eigenvalue weighted by molar-refractivity contribution is 14.1. The second-order valence-corrected chi connectivity index (χ2v) is 4.65. The summed E-state index contributed by atoms with van der Waals surface area (Å²) in [6, 6.07) is 0. The fourth-order valence-corrected chi connectivity index (χ4v) is 3.11. The molecule has 1 heteroatoms. The summed E-state index contributed by atoms with van der Waals surface area (Å²) in [7, 11) is 0. The van der Waals surface area contributed by atoms with Crippen LogP contribution in [0.5, 0.6) is 0 Å². The van der Waals surface area contributed by atoms with Crippen LogP contribution in [0.15, 0.2) is 0 Å². The van der Waals surface area contributed by atoms with Gasteiger partial charge in [-0.1, -0.05) is 22.6 Å². The molecule has 0 spiro atoms. The lowest BCUT2D eigenvalue weighted by Gasteiger charge is -2.07. The Bertz CT molecular complexity index is 101. The summed E-state index contributed by atoms with van der Waals surface area (Å²) in [4.78, 5) is 0. The molecule has 0 bridgehead atoms. The van der Waals surface area contributed by atoms with E-state index in [0.29, 0.717) is 0 Å². The van der Waals surface area contributed by atoms with Gasteiger partial charge in [0.1, 0.15) is 0 Å². The molecule has 2 aliphatic rings. The minimum Gasteiger partial charge on any atom is -0.0864 e. The maximum absolute atomic E-state index is 2.50. The van der Waals surface area contributed by atoms with Gasteiger partial charge < -0.3 is 0 Å². The van der Waals surface area contributed by atoms with Crippen molar-refractivity contribution in [1.82, 2.24) is 0 Å². The van der Waals surface area contributed by atoms with Crippen molar-refractivity contribution in [3.05, 3.63) is 0 Å². The lowest BCUT2D eigenvalue weighted by atomic mass is 10.0. The number of alkyl halides is 1. The highest BCUT2D eigenvalue weighted by Crippen LogP contribution is 2.55. The molecule has 2 rings (SSSR count). The highest BCUT2D eigenvalue weighted by atomic mass is 127. The van der Waals surface area contributed by atoms with E-state index in [9.17, 15) is 0 Å². The molecule has 0 aliphatic heterocycles. The first-order valence-electron chi connectivity index (χ1n) is 3.96. The number of hydrogen-bond acceptors (Lipinski definition) is 0. The fraction of sp³-hybridized carbons (Fsp3) is 1.00. The minimum atomic E-state index is 1.13. The predicted octanol–water partition coefficient (Wildman–Crippen LogP) is 2.86. The summed E-state index contributed by atoms with van der Waals surface area (Å²) in [5.41, 5.74) is 0. The zero-order chi connectivity index (χ0) is 6.27. The second-order valence-electron chi connectivity index (χ2n) is 3.57. The summed E-state index contributed by atoms with van der Waals surface area (Å²) >= 11 is 2.50. The van der Waals surface area contributed by atoms with Gasteiger partial charge in [0.15, 0.2) is 0 Å². The zero-order valence-corrected chi connectivity index (χ0v) is 7.80. The van der Waals surface area contributed by atoms with E-state index < -0.39 is 0 Å². The van der Waals surface area contributed by atoms with Gasteiger partial charge in [0.2, 0.25) is 0 Å². The highest BCUT2D eigenvalue weighted by Gasteiger charge is 2.45. The first-order valence-corrected chi connectivity index (χ1v) is 5.48. The normalized spacial score (nSPS) is 47.0. The van der Waals surface area contributed by atoms with Gasteiger partial charge in [-0.2, -0.15) is 0 Å². The maximum Gasteiger partial charge on any atom is -0.000209 e. The second kappa shape index (κ2) is 2.40. The summed E-state index contributed by atoms with van der Waals surface area (Å²) in [6.45, 7) is 0. The van der Waals surface area contributed by atoms with Crippen LogP contribution in [0.2, 0.25) is 0 Å². The van der Waals surface area contributed by atoms with E-state index in [1.54, 1.807) is 19.3 Å². The molecule has 2 fully saturated rings. The van der Waals surface area contributed by atoms with Gasteiger partial charge in [-0.15, -0.1) is 0 Å². The van der Waals surface area contributed by atoms with Crippen LogP contribution in [-0.2, 0) is 0 Å². The third-order valence-electron chi connectivity index (χ3n) is 2.86. The van der Waals surface area contributed by atoms with Gasteiger partial charge in [0.05, 0.1) is 0 Å². The van der Waals surface area contributed by atoms with Crippen LogP contribution in [-0.4, -0.2) is 4.43 Å². The molecule has 0 nitrogen and oxygen atoms in total. The van der Waals surface area contributed by atoms with Crippen LogP contribution in [0.1, 0.15) is 25.7 Å². The van der Waals surface area contributed by atoms with E-state index in [1.165, 1.54) is 22.7 Å². The lowest BCUT2D eigenvalue weighted by Crippen LogP contribution is -1.96. The maximum atomic E-state index is 2.50. The Labute approximate surface area is 70.5 Å². The van der Waals surface area contributed by atoms with Gasteiger partial charge in [-0.3, -0.25) is 0 Å². The number of fused-ring (bicyclic) bond motifs is 1. The van der Waals surface area contributed by atoms with Crippen LogP contribution < -0.4 is 0 Å². The topological polar surface area (TPSA) is 0 Å². The van der Waals surface area contributed by atoms with Crippen molar-refractivity contribution < 1.29 is 0 Å². The van der Waals surface area contributed by atoms with E-state index >= 15 is 0 Å². The fourth-order valence-electron chi connectivity index (χ4n) is 2.23. The van der Waals surface area contributed by atoms with Crippen LogP contribution in [0, 0.1) is 17.8 Å². The largest absolute Gasteiger partial charge is 0.0864 e. The molecule has 0 N–H and O–H groups in total. The molecule has 2 unspecified atom stereocenters. The van der Waals surface area contributed by atoms with Gasteiger partial charge in [0, 0.05) is 0 Å². The van der Waals surface area contributed by atoms with Gasteiger partial charge in [-0.25, -0.2) is 0 Å². The molecule has 9 heavy (non-hydrogen) atoms. The van der Waals surface area contributed by atoms with Crippen LogP contribution >= 0.6 is 22.6 Å². The van der Waals surface area contributed by atoms with Crippen LogP contribution in [0.4, 0.5) is 0 Å². The number of hydrogen-bond donors (Lipinski definition) is 0. The smallest absolute Gasteiger partial charge is 0.000209 e. The molecular formula is C8H13I. The molecule has 0 saturated heterocycles. The van der Waals surface area contributed by atoms with Gasteiger partial charge >= 0.3 is 0 Å². The number of rotatable bonds is 2. The van der Waals surface area contributed by atoms with Gasteiger partial charge in [0.25, 0.3) is 0 Å². The molecule has 0 aromatic heterocycles. The van der Waals surface area contributed by atoms with E-state index in [4.69, 9.17) is 0 Å². The Balaban J connectivity index is 1.77. The Morgan fingerprint density at radius 2 is 1.78 bits per heavy atom. The first kappa shape index (κ1) is 6.44. The molecule has 0 radical (unpaired) electrons. The SMILES string of the molecule is ICCC1CC2CC2C1. The van der Waals surface area contributed by atoms with Crippen LogP contribution in [0.25, 0.3) is 0 Å². The van der Waals surface area contributed by atoms with E-state index in [-0.39, 0.29) is 0 Å². The van der Waals surface area contributed by atoms with Gasteiger partial charge in [-0.05, 0) is 47.9 Å². The molecule has 2 aliphatic carbocycles. The molecule has 52 valence electrons. The first-order chi connectivity index (χ1) is 4.40. The molecule has 2 saturated carbocycles. The van der Waals surface area contributed by atoms with Crippen molar-refractivity contribution in [2.45, 2.75) is 25.7 Å². The molecule has 0 aromatic rings. The molecular weight excluding hydrogens is 223 g/mol. The van der Waals surface area contributed by atoms with Crippen LogP contribution in [0.3, 0.4) is 0 Å². The zero-order valence-electron chi connectivity index (χ0n) is 5.65. The molecule has 2 atom stereocenters. The van der Waals surface area contributed by atoms with E-state index in [1.807, 2.05) is 0 Å². The van der Waals surface area contributed by atoms with Crippen molar-refractivity contribution in [1.29, 1.82) is 0 Å². The Kier molecular flexibility index (Phi) is 1.72. The van der Waals surface area contributed by atoms with E-state index in [0.717, 1.165) is 5.92 Å². The quantitative estimate of drug-likeness (QED) is 0.510. The predicted molar refractivity (Wildman–Crippen MR) is 47.8 cm³/mol. The average molecular weight is 236 g/mol. The van der Waals surface area contributed by atoms with E-state index in [2.05, 4.69) is 22.6 Å². The molecule has 0 heterocycles. The van der Waals surface area contributed by atoms with Crippen molar-refractivity contribution in [3.8, 4) is 0 Å². The van der Waals surface area contributed by atoms with Crippen molar-refractivity contribution in [2.75, 3.05) is 4.43 Å². The van der Waals surface area contributed by atoms with Crippen molar-refractivity contribution in [3.63, 3.8) is 0 Å².